The standard InChI is InChI=1S/C22H23BrN2O5/c1-13-14(2)19(8-7-18(13)23)25-21(28)12-30-22(29)10-9-20(27)24-17-6-4-5-16(11-17)15(3)26/h4-8,11H,9-10,12H2,1-3H3,(H,24,27)(H,25,28). The Morgan fingerprint density at radius 1 is 0.933 bits per heavy atom. The lowest BCUT2D eigenvalue weighted by Crippen LogP contribution is -2.22. The molecular formula is C22H23BrN2O5. The number of halogens is 1. The number of anilines is 2. The molecule has 2 rings (SSSR count). The number of carbonyl (C=O) groups is 4. The number of carbonyl (C=O) groups excluding carboxylic acids is 4. The zero-order valence-corrected chi connectivity index (χ0v) is 18.6. The maximum absolute atomic E-state index is 12.0. The fourth-order valence-electron chi connectivity index (χ4n) is 2.58. The molecule has 2 amide bonds. The van der Waals surface area contributed by atoms with E-state index in [0.717, 1.165) is 15.6 Å². The van der Waals surface area contributed by atoms with E-state index in [0.29, 0.717) is 16.9 Å². The first-order valence-corrected chi connectivity index (χ1v) is 10.1. The Kier molecular flexibility index (Phi) is 8.29. The summed E-state index contributed by atoms with van der Waals surface area (Å²) in [5.41, 5.74) is 3.51. The molecule has 0 radical (unpaired) electrons. The lowest BCUT2D eigenvalue weighted by Gasteiger charge is -2.12. The van der Waals surface area contributed by atoms with Crippen LogP contribution in [0.25, 0.3) is 0 Å². The van der Waals surface area contributed by atoms with E-state index >= 15 is 0 Å². The Morgan fingerprint density at radius 2 is 1.67 bits per heavy atom. The molecule has 7 nitrogen and oxygen atoms in total. The van der Waals surface area contributed by atoms with Crippen LogP contribution >= 0.6 is 15.9 Å². The van der Waals surface area contributed by atoms with Crippen LogP contribution in [0.15, 0.2) is 40.9 Å². The molecule has 0 saturated carbocycles. The average Bonchev–Trinajstić information content (AvgIpc) is 2.71. The fourth-order valence-corrected chi connectivity index (χ4v) is 3.01. The summed E-state index contributed by atoms with van der Waals surface area (Å²) in [5, 5.41) is 5.33. The van der Waals surface area contributed by atoms with Crippen molar-refractivity contribution in [2.45, 2.75) is 33.6 Å². The first kappa shape index (κ1) is 23.3. The van der Waals surface area contributed by atoms with Gasteiger partial charge in [0.2, 0.25) is 5.91 Å². The number of ether oxygens (including phenoxy) is 1. The van der Waals surface area contributed by atoms with E-state index in [4.69, 9.17) is 4.74 Å². The van der Waals surface area contributed by atoms with Gasteiger partial charge in [-0.15, -0.1) is 0 Å². The highest BCUT2D eigenvalue weighted by atomic mass is 79.9. The fraction of sp³-hybridized carbons (Fsp3) is 0.273. The number of hydrogen-bond acceptors (Lipinski definition) is 5. The topological polar surface area (TPSA) is 102 Å². The minimum absolute atomic E-state index is 0.101. The van der Waals surface area contributed by atoms with Gasteiger partial charge in [-0.05, 0) is 56.2 Å². The predicted octanol–water partition coefficient (Wildman–Crippen LogP) is 4.17. The SMILES string of the molecule is CC(=O)c1cccc(NC(=O)CCC(=O)OCC(=O)Nc2ccc(Br)c(C)c2C)c1. The van der Waals surface area contributed by atoms with Gasteiger partial charge in [-0.25, -0.2) is 0 Å². The number of amides is 2. The molecule has 30 heavy (non-hydrogen) atoms. The van der Waals surface area contributed by atoms with Crippen molar-refractivity contribution in [3.63, 3.8) is 0 Å². The maximum Gasteiger partial charge on any atom is 0.306 e. The van der Waals surface area contributed by atoms with E-state index in [9.17, 15) is 19.2 Å². The first-order chi connectivity index (χ1) is 14.2. The van der Waals surface area contributed by atoms with Crippen LogP contribution in [0, 0.1) is 13.8 Å². The van der Waals surface area contributed by atoms with Crippen LogP contribution in [0.3, 0.4) is 0 Å². The van der Waals surface area contributed by atoms with Gasteiger partial charge in [0, 0.05) is 27.8 Å². The van der Waals surface area contributed by atoms with Gasteiger partial charge in [0.25, 0.3) is 5.91 Å². The van der Waals surface area contributed by atoms with Gasteiger partial charge in [-0.1, -0.05) is 28.1 Å². The van der Waals surface area contributed by atoms with Crippen LogP contribution in [0.4, 0.5) is 11.4 Å². The highest BCUT2D eigenvalue weighted by molar-refractivity contribution is 9.10. The molecule has 2 aromatic rings. The Balaban J connectivity index is 1.76. The van der Waals surface area contributed by atoms with Crippen molar-refractivity contribution in [3.8, 4) is 0 Å². The van der Waals surface area contributed by atoms with Crippen LogP contribution in [0.2, 0.25) is 0 Å². The Hall–Kier alpha value is -3.00. The minimum Gasteiger partial charge on any atom is -0.456 e. The number of esters is 1. The molecule has 0 aliphatic heterocycles. The highest BCUT2D eigenvalue weighted by Gasteiger charge is 2.13. The molecule has 0 aromatic heterocycles. The Labute approximate surface area is 183 Å². The van der Waals surface area contributed by atoms with Crippen molar-refractivity contribution in [3.05, 3.63) is 57.6 Å². The quantitative estimate of drug-likeness (QED) is 0.441. The van der Waals surface area contributed by atoms with Gasteiger partial charge >= 0.3 is 5.97 Å². The van der Waals surface area contributed by atoms with Crippen LogP contribution in [0.5, 0.6) is 0 Å². The molecule has 0 atom stereocenters. The first-order valence-electron chi connectivity index (χ1n) is 9.29. The van der Waals surface area contributed by atoms with Crippen LogP contribution in [-0.4, -0.2) is 30.2 Å². The molecular weight excluding hydrogens is 452 g/mol. The summed E-state index contributed by atoms with van der Waals surface area (Å²) in [6, 6.07) is 10.1. The van der Waals surface area contributed by atoms with E-state index in [1.165, 1.54) is 6.92 Å². The maximum atomic E-state index is 12.0. The van der Waals surface area contributed by atoms with Crippen molar-refractivity contribution < 1.29 is 23.9 Å². The lowest BCUT2D eigenvalue weighted by atomic mass is 10.1. The number of benzene rings is 2. The molecule has 0 heterocycles. The van der Waals surface area contributed by atoms with Crippen LogP contribution in [0.1, 0.15) is 41.3 Å². The zero-order valence-electron chi connectivity index (χ0n) is 17.0. The normalized spacial score (nSPS) is 10.3. The van der Waals surface area contributed by atoms with Gasteiger partial charge in [0.05, 0.1) is 6.42 Å². The second kappa shape index (κ2) is 10.7. The van der Waals surface area contributed by atoms with Crippen molar-refractivity contribution >= 4 is 50.9 Å². The highest BCUT2D eigenvalue weighted by Crippen LogP contribution is 2.25. The average molecular weight is 475 g/mol. The molecule has 8 heteroatoms. The second-order valence-corrected chi connectivity index (χ2v) is 7.59. The molecule has 0 saturated heterocycles. The number of nitrogens with one attached hydrogen (secondary N) is 2. The smallest absolute Gasteiger partial charge is 0.306 e. The number of ketones is 1. The largest absolute Gasteiger partial charge is 0.456 e. The van der Waals surface area contributed by atoms with E-state index in [2.05, 4.69) is 26.6 Å². The third-order valence-electron chi connectivity index (χ3n) is 4.47. The molecule has 158 valence electrons. The van der Waals surface area contributed by atoms with E-state index < -0.39 is 24.4 Å². The van der Waals surface area contributed by atoms with Gasteiger partial charge in [0.1, 0.15) is 0 Å². The Morgan fingerprint density at radius 3 is 2.37 bits per heavy atom. The van der Waals surface area contributed by atoms with Gasteiger partial charge in [0.15, 0.2) is 12.4 Å². The Bertz CT molecular complexity index is 987. The summed E-state index contributed by atoms with van der Waals surface area (Å²) < 4.78 is 5.88. The monoisotopic (exact) mass is 474 g/mol. The van der Waals surface area contributed by atoms with Crippen molar-refractivity contribution in [1.82, 2.24) is 0 Å². The number of Topliss-reactive ketones (excluding diaryl/α,β-unsaturated/α-hetero) is 1. The van der Waals surface area contributed by atoms with Crippen molar-refractivity contribution in [1.29, 1.82) is 0 Å². The molecule has 0 aliphatic rings. The van der Waals surface area contributed by atoms with Crippen LogP contribution < -0.4 is 10.6 Å². The summed E-state index contributed by atoms with van der Waals surface area (Å²) >= 11 is 3.43. The van der Waals surface area contributed by atoms with Crippen LogP contribution in [-0.2, 0) is 19.1 Å². The summed E-state index contributed by atoms with van der Waals surface area (Å²) in [5.74, 6) is -1.61. The molecule has 0 spiro atoms. The molecule has 2 N–H and O–H groups in total. The summed E-state index contributed by atoms with van der Waals surface area (Å²) in [7, 11) is 0. The van der Waals surface area contributed by atoms with E-state index in [-0.39, 0.29) is 18.6 Å². The summed E-state index contributed by atoms with van der Waals surface area (Å²) in [4.78, 5) is 47.2. The van der Waals surface area contributed by atoms with Gasteiger partial charge in [-0.2, -0.15) is 0 Å². The number of rotatable bonds is 8. The third kappa shape index (κ3) is 6.81. The molecule has 0 unspecified atom stereocenters. The van der Waals surface area contributed by atoms with E-state index in [1.807, 2.05) is 19.9 Å². The van der Waals surface area contributed by atoms with E-state index in [1.54, 1.807) is 30.3 Å². The van der Waals surface area contributed by atoms with Gasteiger partial charge in [-0.3, -0.25) is 19.2 Å². The second-order valence-electron chi connectivity index (χ2n) is 6.74. The lowest BCUT2D eigenvalue weighted by molar-refractivity contribution is -0.147. The number of hydrogen-bond donors (Lipinski definition) is 2. The van der Waals surface area contributed by atoms with Crippen molar-refractivity contribution in [2.24, 2.45) is 0 Å². The third-order valence-corrected chi connectivity index (χ3v) is 5.33. The molecule has 0 fully saturated rings. The molecule has 0 aliphatic carbocycles. The van der Waals surface area contributed by atoms with Gasteiger partial charge < -0.3 is 15.4 Å². The molecule has 2 aromatic carbocycles. The summed E-state index contributed by atoms with van der Waals surface area (Å²) in [6.45, 7) is 4.81. The molecule has 0 bridgehead atoms. The summed E-state index contributed by atoms with van der Waals surface area (Å²) in [6.07, 6.45) is -0.266. The zero-order chi connectivity index (χ0) is 22.3. The predicted molar refractivity (Wildman–Crippen MR) is 118 cm³/mol. The minimum atomic E-state index is -0.651. The van der Waals surface area contributed by atoms with Crippen molar-refractivity contribution in [2.75, 3.05) is 17.2 Å².